The van der Waals surface area contributed by atoms with E-state index in [9.17, 15) is 24.3 Å². The van der Waals surface area contributed by atoms with Gasteiger partial charge in [-0.05, 0) is 56.0 Å². The summed E-state index contributed by atoms with van der Waals surface area (Å²) in [5.74, 6) is -2.72. The minimum absolute atomic E-state index is 0.00719. The number of aromatic nitrogens is 1. The summed E-state index contributed by atoms with van der Waals surface area (Å²) in [7, 11) is 0. The number of hydrogen-bond donors (Lipinski definition) is 3. The van der Waals surface area contributed by atoms with Crippen molar-refractivity contribution >= 4 is 23.6 Å². The summed E-state index contributed by atoms with van der Waals surface area (Å²) < 4.78 is 7.68. The number of nitrogens with zero attached hydrogens (tertiary/aromatic N) is 1. The lowest BCUT2D eigenvalue weighted by molar-refractivity contribution is -0.145. The Morgan fingerprint density at radius 3 is 2.11 bits per heavy atom. The molecule has 0 saturated heterocycles. The number of amides is 1. The van der Waals surface area contributed by atoms with Crippen molar-refractivity contribution < 1.29 is 34.1 Å². The first-order chi connectivity index (χ1) is 17.7. The van der Waals surface area contributed by atoms with E-state index >= 15 is 0 Å². The minimum atomic E-state index is -1.54. The number of carbonyl (C=O) groups excluding carboxylic acids is 2. The van der Waals surface area contributed by atoms with Crippen molar-refractivity contribution in [2.45, 2.75) is 85.7 Å². The van der Waals surface area contributed by atoms with Crippen LogP contribution >= 0.6 is 0 Å². The molecule has 2 rings (SSSR count). The monoisotopic (exact) mass is 528 g/mol. The third kappa shape index (κ3) is 6.62. The fourth-order valence-corrected chi connectivity index (χ4v) is 4.67. The quantitative estimate of drug-likeness (QED) is 0.346. The van der Waals surface area contributed by atoms with Gasteiger partial charge in [0.05, 0.1) is 6.42 Å². The number of benzene rings is 1. The number of hydrogen-bond acceptors (Lipinski definition) is 5. The van der Waals surface area contributed by atoms with E-state index in [4.69, 9.17) is 9.84 Å². The largest absolute Gasteiger partial charge is 0.486 e. The Labute approximate surface area is 224 Å². The Balaban J connectivity index is 2.45. The average Bonchev–Trinajstić information content (AvgIpc) is 3.27. The molecule has 0 fully saturated rings. The van der Waals surface area contributed by atoms with Gasteiger partial charge in [-0.2, -0.15) is 0 Å². The SMILES string of the molecule is CCn1c(C(=O)N[C@@H](CC(=O)O)C(=O)O)ccc1C(CC)(CC)c1ccc(OCC(=O)C(C)(C)C)c(C)c1. The highest BCUT2D eigenvalue weighted by Crippen LogP contribution is 2.41. The normalized spacial score (nSPS) is 12.6. The molecule has 0 aliphatic carbocycles. The van der Waals surface area contributed by atoms with Gasteiger partial charge in [0.2, 0.25) is 0 Å². The first kappa shape index (κ1) is 30.6. The average molecular weight is 529 g/mol. The number of aliphatic carboxylic acids is 2. The summed E-state index contributed by atoms with van der Waals surface area (Å²) in [6.07, 6.45) is 0.741. The van der Waals surface area contributed by atoms with Crippen LogP contribution in [-0.4, -0.2) is 51.1 Å². The van der Waals surface area contributed by atoms with Crippen molar-refractivity contribution in [2.75, 3.05) is 6.61 Å². The van der Waals surface area contributed by atoms with Gasteiger partial charge < -0.3 is 24.8 Å². The van der Waals surface area contributed by atoms with Crippen molar-refractivity contribution in [3.63, 3.8) is 0 Å². The standard InChI is InChI=1S/C29H40N2O7/c1-8-29(9-2,19-11-13-22(18(4)15-19)38-17-24(32)28(5,6)7)23-14-12-21(31(23)10-3)26(35)30-20(27(36)37)16-25(33)34/h11-15,20H,8-10,16-17H2,1-7H3,(H,30,35)(H,33,34)(H,36,37)/t20-/m0/s1. The summed E-state index contributed by atoms with van der Waals surface area (Å²) in [6.45, 7) is 14.0. The number of Topliss-reactive ketones (excluding diaryl/α,β-unsaturated/α-hetero) is 1. The Hall–Kier alpha value is -3.62. The van der Waals surface area contributed by atoms with Gasteiger partial charge in [-0.1, -0.05) is 46.8 Å². The molecule has 0 radical (unpaired) electrons. The molecule has 0 unspecified atom stereocenters. The third-order valence-electron chi connectivity index (χ3n) is 7.13. The lowest BCUT2D eigenvalue weighted by atomic mass is 9.72. The van der Waals surface area contributed by atoms with Crippen LogP contribution in [0, 0.1) is 12.3 Å². The van der Waals surface area contributed by atoms with Crippen LogP contribution in [0.25, 0.3) is 0 Å². The number of carboxylic acid groups (broad SMARTS) is 2. The van der Waals surface area contributed by atoms with E-state index in [1.54, 1.807) is 6.07 Å². The zero-order valence-electron chi connectivity index (χ0n) is 23.4. The number of ether oxygens (including phenoxy) is 1. The molecule has 0 spiro atoms. The van der Waals surface area contributed by atoms with E-state index in [2.05, 4.69) is 19.2 Å². The summed E-state index contributed by atoms with van der Waals surface area (Å²) in [6, 6.07) is 7.89. The number of nitrogens with one attached hydrogen (secondary N) is 1. The van der Waals surface area contributed by atoms with Crippen LogP contribution in [0.5, 0.6) is 5.75 Å². The van der Waals surface area contributed by atoms with Crippen LogP contribution in [0.2, 0.25) is 0 Å². The molecule has 2 aromatic rings. The maximum Gasteiger partial charge on any atom is 0.326 e. The predicted molar refractivity (Wildman–Crippen MR) is 144 cm³/mol. The summed E-state index contributed by atoms with van der Waals surface area (Å²) in [4.78, 5) is 47.9. The van der Waals surface area contributed by atoms with Crippen molar-refractivity contribution in [1.82, 2.24) is 9.88 Å². The molecule has 9 heteroatoms. The van der Waals surface area contributed by atoms with E-state index in [0.717, 1.165) is 29.7 Å². The predicted octanol–water partition coefficient (Wildman–Crippen LogP) is 4.57. The Kier molecular flexibility index (Phi) is 9.89. The molecular weight excluding hydrogens is 488 g/mol. The van der Waals surface area contributed by atoms with E-state index in [-0.39, 0.29) is 18.1 Å². The topological polar surface area (TPSA) is 135 Å². The van der Waals surface area contributed by atoms with Gasteiger partial charge >= 0.3 is 11.9 Å². The molecule has 0 aliphatic heterocycles. The van der Waals surface area contributed by atoms with Crippen LogP contribution in [0.1, 0.15) is 88.1 Å². The Morgan fingerprint density at radius 1 is 1.00 bits per heavy atom. The van der Waals surface area contributed by atoms with Gasteiger partial charge in [0.25, 0.3) is 5.91 Å². The van der Waals surface area contributed by atoms with Gasteiger partial charge in [-0.15, -0.1) is 0 Å². The second-order valence-electron chi connectivity index (χ2n) is 10.5. The maximum atomic E-state index is 13.0. The molecule has 0 saturated carbocycles. The second kappa shape index (κ2) is 12.3. The highest BCUT2D eigenvalue weighted by molar-refractivity contribution is 5.96. The zero-order chi connectivity index (χ0) is 28.8. The molecule has 0 aliphatic rings. The van der Waals surface area contributed by atoms with Crippen LogP contribution in [0.3, 0.4) is 0 Å². The lowest BCUT2D eigenvalue weighted by Gasteiger charge is -2.34. The lowest BCUT2D eigenvalue weighted by Crippen LogP contribution is -2.43. The van der Waals surface area contributed by atoms with E-state index in [1.807, 2.05) is 63.5 Å². The fraction of sp³-hybridized carbons (Fsp3) is 0.517. The highest BCUT2D eigenvalue weighted by Gasteiger charge is 2.36. The van der Waals surface area contributed by atoms with Gasteiger partial charge in [0.15, 0.2) is 5.78 Å². The number of aryl methyl sites for hydroxylation is 1. The smallest absolute Gasteiger partial charge is 0.326 e. The van der Waals surface area contributed by atoms with Crippen LogP contribution in [-0.2, 0) is 26.3 Å². The number of carbonyl (C=O) groups is 4. The van der Waals surface area contributed by atoms with Crippen LogP contribution in [0.4, 0.5) is 0 Å². The summed E-state index contributed by atoms with van der Waals surface area (Å²) >= 11 is 0. The minimum Gasteiger partial charge on any atom is -0.486 e. The van der Waals surface area contributed by atoms with E-state index in [1.165, 1.54) is 0 Å². The molecule has 1 atom stereocenters. The molecule has 208 valence electrons. The molecule has 9 nitrogen and oxygen atoms in total. The fourth-order valence-electron chi connectivity index (χ4n) is 4.67. The van der Waals surface area contributed by atoms with Crippen molar-refractivity contribution in [2.24, 2.45) is 5.41 Å². The second-order valence-corrected chi connectivity index (χ2v) is 10.5. The Morgan fingerprint density at radius 2 is 1.63 bits per heavy atom. The van der Waals surface area contributed by atoms with Crippen molar-refractivity contribution in [1.29, 1.82) is 0 Å². The van der Waals surface area contributed by atoms with Crippen molar-refractivity contribution in [3.05, 3.63) is 52.8 Å². The molecule has 0 bridgehead atoms. The van der Waals surface area contributed by atoms with E-state index in [0.29, 0.717) is 12.3 Å². The molecule has 3 N–H and O–H groups in total. The van der Waals surface area contributed by atoms with Gasteiger partial charge in [0.1, 0.15) is 24.1 Å². The molecule has 1 aromatic carbocycles. The van der Waals surface area contributed by atoms with Crippen molar-refractivity contribution in [3.8, 4) is 5.75 Å². The van der Waals surface area contributed by atoms with E-state index < -0.39 is 41.1 Å². The molecule has 1 aromatic heterocycles. The molecular formula is C29H40N2O7. The first-order valence-electron chi connectivity index (χ1n) is 12.9. The number of carboxylic acids is 2. The summed E-state index contributed by atoms with van der Waals surface area (Å²) in [5, 5.41) is 20.7. The third-order valence-corrected chi connectivity index (χ3v) is 7.13. The van der Waals surface area contributed by atoms with Gasteiger partial charge in [0, 0.05) is 23.1 Å². The number of ketones is 1. The van der Waals surface area contributed by atoms with Gasteiger partial charge in [-0.25, -0.2) is 4.79 Å². The number of rotatable bonds is 13. The highest BCUT2D eigenvalue weighted by atomic mass is 16.5. The van der Waals surface area contributed by atoms with Crippen LogP contribution < -0.4 is 10.1 Å². The van der Waals surface area contributed by atoms with Crippen LogP contribution in [0.15, 0.2) is 30.3 Å². The summed E-state index contributed by atoms with van der Waals surface area (Å²) in [5.41, 5.74) is 2.15. The van der Waals surface area contributed by atoms with Gasteiger partial charge in [-0.3, -0.25) is 14.4 Å². The maximum absolute atomic E-state index is 13.0. The molecule has 1 amide bonds. The molecule has 38 heavy (non-hydrogen) atoms. The molecule has 1 heterocycles. The first-order valence-corrected chi connectivity index (χ1v) is 12.9. The Bertz CT molecular complexity index is 1190. The zero-order valence-corrected chi connectivity index (χ0v) is 23.4.